The predicted molar refractivity (Wildman–Crippen MR) is 53.3 cm³/mol. The molecule has 70 valence electrons. The van der Waals surface area contributed by atoms with Gasteiger partial charge in [-0.2, -0.15) is 0 Å². The molecule has 5 heteroatoms. The largest absolute Gasteiger partial charge is 0.309 e. The Balaban J connectivity index is 3.21. The molecule has 1 heterocycles. The Morgan fingerprint density at radius 3 is 2.85 bits per heavy atom. The maximum absolute atomic E-state index is 11.2. The van der Waals surface area contributed by atoms with Gasteiger partial charge in [0.1, 0.15) is 10.8 Å². The number of aromatic amines is 1. The minimum absolute atomic E-state index is 0.0582. The molecule has 0 bridgehead atoms. The van der Waals surface area contributed by atoms with Gasteiger partial charge in [-0.25, -0.2) is 4.98 Å². The quantitative estimate of drug-likeness (QED) is 0.623. The number of hydrogen-bond donors (Lipinski definition) is 1. The first-order valence-electron chi connectivity index (χ1n) is 3.63. The van der Waals surface area contributed by atoms with E-state index in [1.807, 2.05) is 0 Å². The summed E-state index contributed by atoms with van der Waals surface area (Å²) in [5.41, 5.74) is 0.0492. The van der Waals surface area contributed by atoms with Gasteiger partial charge >= 0.3 is 0 Å². The minimum Gasteiger partial charge on any atom is -0.309 e. The van der Waals surface area contributed by atoms with Crippen molar-refractivity contribution >= 4 is 23.2 Å². The van der Waals surface area contributed by atoms with E-state index in [-0.39, 0.29) is 16.5 Å². The van der Waals surface area contributed by atoms with Crippen molar-refractivity contribution in [2.24, 2.45) is 0 Å². The van der Waals surface area contributed by atoms with Gasteiger partial charge in [0.25, 0.3) is 5.56 Å². The molecule has 1 aromatic rings. The van der Waals surface area contributed by atoms with Crippen LogP contribution in [0.5, 0.6) is 0 Å². The van der Waals surface area contributed by atoms with Crippen LogP contribution in [0.25, 0.3) is 0 Å². The van der Waals surface area contributed by atoms with E-state index in [2.05, 4.69) is 16.5 Å². The number of nitrogens with one attached hydrogen (secondary N) is 1. The van der Waals surface area contributed by atoms with Gasteiger partial charge in [-0.05, 0) is 0 Å². The normalized spacial score (nSPS) is 10.0. The van der Waals surface area contributed by atoms with Crippen molar-refractivity contribution in [1.29, 1.82) is 0 Å². The van der Waals surface area contributed by atoms with Gasteiger partial charge in [0.15, 0.2) is 0 Å². The van der Waals surface area contributed by atoms with Gasteiger partial charge in [-0.1, -0.05) is 17.7 Å². The fraction of sp³-hybridized carbons (Fsp3) is 0.250. The molecule has 0 aliphatic carbocycles. The van der Waals surface area contributed by atoms with E-state index in [1.54, 1.807) is 6.08 Å². The molecule has 1 N–H and O–H groups in total. The number of aromatic nitrogens is 2. The van der Waals surface area contributed by atoms with E-state index in [1.165, 1.54) is 0 Å². The number of allylic oxidation sites excluding steroid dienone is 1. The van der Waals surface area contributed by atoms with E-state index in [9.17, 15) is 4.79 Å². The molecule has 0 radical (unpaired) electrons. The lowest BCUT2D eigenvalue weighted by Crippen LogP contribution is -2.14. The summed E-state index contributed by atoms with van der Waals surface area (Å²) in [5, 5.41) is 0.0582. The van der Waals surface area contributed by atoms with Crippen molar-refractivity contribution in [2.45, 2.75) is 12.3 Å². The van der Waals surface area contributed by atoms with Crippen molar-refractivity contribution in [3.63, 3.8) is 0 Å². The van der Waals surface area contributed by atoms with Gasteiger partial charge in [-0.15, -0.1) is 18.2 Å². The molecule has 0 unspecified atom stereocenters. The number of hydrogen-bond acceptors (Lipinski definition) is 2. The Morgan fingerprint density at radius 2 is 2.31 bits per heavy atom. The number of halogens is 2. The molecule has 0 fully saturated rings. The molecule has 1 aromatic heterocycles. The molecular formula is C8H8Cl2N2O. The first-order valence-corrected chi connectivity index (χ1v) is 4.54. The van der Waals surface area contributed by atoms with Crippen LogP contribution in [-0.4, -0.2) is 9.97 Å². The van der Waals surface area contributed by atoms with Crippen molar-refractivity contribution in [2.75, 3.05) is 0 Å². The molecule has 0 aromatic carbocycles. The van der Waals surface area contributed by atoms with E-state index < -0.39 is 0 Å². The highest BCUT2D eigenvalue weighted by Crippen LogP contribution is 2.10. The Labute approximate surface area is 85.4 Å². The maximum atomic E-state index is 11.2. The SMILES string of the molecule is C=CCc1nc(CCl)c(Cl)c(=O)[nH]1. The third kappa shape index (κ3) is 2.32. The van der Waals surface area contributed by atoms with E-state index in [4.69, 9.17) is 23.2 Å². The van der Waals surface area contributed by atoms with Crippen LogP contribution in [0.1, 0.15) is 11.5 Å². The third-order valence-corrected chi connectivity index (χ3v) is 2.09. The molecule has 0 spiro atoms. The molecule has 0 saturated carbocycles. The molecule has 3 nitrogen and oxygen atoms in total. The topological polar surface area (TPSA) is 45.8 Å². The van der Waals surface area contributed by atoms with Crippen LogP contribution in [0.3, 0.4) is 0 Å². The molecule has 1 rings (SSSR count). The van der Waals surface area contributed by atoms with Crippen LogP contribution in [0, 0.1) is 0 Å². The van der Waals surface area contributed by atoms with Crippen LogP contribution in [0.2, 0.25) is 5.02 Å². The number of nitrogens with zero attached hydrogens (tertiary/aromatic N) is 1. The van der Waals surface area contributed by atoms with Gasteiger partial charge < -0.3 is 4.98 Å². The van der Waals surface area contributed by atoms with Gasteiger partial charge in [0.05, 0.1) is 11.6 Å². The van der Waals surface area contributed by atoms with Crippen molar-refractivity contribution in [3.05, 3.63) is 39.5 Å². The van der Waals surface area contributed by atoms with Gasteiger partial charge in [0, 0.05) is 6.42 Å². The standard InChI is InChI=1S/C8H8Cl2N2O/c1-2-3-6-11-5(4-9)7(10)8(13)12-6/h2H,1,3-4H2,(H,11,12,13). The molecule has 0 amide bonds. The average molecular weight is 219 g/mol. The van der Waals surface area contributed by atoms with Crippen LogP contribution in [0.15, 0.2) is 17.4 Å². The second-order valence-electron chi connectivity index (χ2n) is 2.40. The van der Waals surface area contributed by atoms with Crippen LogP contribution in [-0.2, 0) is 12.3 Å². The number of H-pyrrole nitrogens is 1. The average Bonchev–Trinajstić information content (AvgIpc) is 2.11. The Kier molecular flexibility index (Phi) is 3.51. The van der Waals surface area contributed by atoms with Gasteiger partial charge in [-0.3, -0.25) is 4.79 Å². The summed E-state index contributed by atoms with van der Waals surface area (Å²) in [6.45, 7) is 3.54. The summed E-state index contributed by atoms with van der Waals surface area (Å²) >= 11 is 11.2. The maximum Gasteiger partial charge on any atom is 0.270 e. The Morgan fingerprint density at radius 1 is 1.62 bits per heavy atom. The summed E-state index contributed by atoms with van der Waals surface area (Å²) < 4.78 is 0. The Bertz CT molecular complexity index is 373. The molecule has 0 aliphatic heterocycles. The highest BCUT2D eigenvalue weighted by atomic mass is 35.5. The van der Waals surface area contributed by atoms with Crippen molar-refractivity contribution in [3.8, 4) is 0 Å². The van der Waals surface area contributed by atoms with E-state index in [0.29, 0.717) is 17.9 Å². The zero-order valence-electron chi connectivity index (χ0n) is 6.81. The van der Waals surface area contributed by atoms with Crippen LogP contribution in [0.4, 0.5) is 0 Å². The molecule has 0 atom stereocenters. The number of alkyl halides is 1. The summed E-state index contributed by atoms with van der Waals surface area (Å²) in [4.78, 5) is 17.7. The summed E-state index contributed by atoms with van der Waals surface area (Å²) in [5.74, 6) is 0.660. The summed E-state index contributed by atoms with van der Waals surface area (Å²) in [7, 11) is 0. The smallest absolute Gasteiger partial charge is 0.270 e. The van der Waals surface area contributed by atoms with Crippen LogP contribution >= 0.6 is 23.2 Å². The van der Waals surface area contributed by atoms with Crippen LogP contribution < -0.4 is 5.56 Å². The molecular weight excluding hydrogens is 211 g/mol. The lowest BCUT2D eigenvalue weighted by molar-refractivity contribution is 0.930. The summed E-state index contributed by atoms with van der Waals surface area (Å²) in [6, 6.07) is 0. The van der Waals surface area contributed by atoms with Crippen molar-refractivity contribution < 1.29 is 0 Å². The Hall–Kier alpha value is -0.800. The fourth-order valence-corrected chi connectivity index (χ4v) is 1.30. The van der Waals surface area contributed by atoms with E-state index in [0.717, 1.165) is 0 Å². The predicted octanol–water partition coefficient (Wildman–Crippen LogP) is 1.89. The zero-order chi connectivity index (χ0) is 9.84. The first kappa shape index (κ1) is 10.3. The monoisotopic (exact) mass is 218 g/mol. The lowest BCUT2D eigenvalue weighted by Gasteiger charge is -2.01. The highest BCUT2D eigenvalue weighted by Gasteiger charge is 2.06. The second-order valence-corrected chi connectivity index (χ2v) is 3.04. The van der Waals surface area contributed by atoms with Gasteiger partial charge in [0.2, 0.25) is 0 Å². The number of rotatable bonds is 3. The molecule has 0 aliphatic rings. The summed E-state index contributed by atoms with van der Waals surface area (Å²) in [6.07, 6.45) is 2.14. The molecule has 0 saturated heterocycles. The highest BCUT2D eigenvalue weighted by molar-refractivity contribution is 6.31. The molecule has 13 heavy (non-hydrogen) atoms. The van der Waals surface area contributed by atoms with Crippen molar-refractivity contribution in [1.82, 2.24) is 9.97 Å². The van der Waals surface area contributed by atoms with E-state index >= 15 is 0 Å². The minimum atomic E-state index is -0.357. The lowest BCUT2D eigenvalue weighted by atomic mass is 10.3. The first-order chi connectivity index (χ1) is 6.19. The third-order valence-electron chi connectivity index (χ3n) is 1.44. The zero-order valence-corrected chi connectivity index (χ0v) is 8.32. The fourth-order valence-electron chi connectivity index (χ4n) is 0.879. The second kappa shape index (κ2) is 4.44.